The second kappa shape index (κ2) is 5.38. The molecule has 0 saturated heterocycles. The predicted molar refractivity (Wildman–Crippen MR) is 73.6 cm³/mol. The van der Waals surface area contributed by atoms with E-state index in [1.807, 2.05) is 20.8 Å². The van der Waals surface area contributed by atoms with Crippen LogP contribution in [0.25, 0.3) is 0 Å². The van der Waals surface area contributed by atoms with E-state index >= 15 is 0 Å². The largest absolute Gasteiger partial charge is 0.448 e. The molecule has 5 nitrogen and oxygen atoms in total. The van der Waals surface area contributed by atoms with E-state index in [1.165, 1.54) is 25.7 Å². The van der Waals surface area contributed by atoms with Crippen LogP contribution in [0, 0.1) is 0 Å². The van der Waals surface area contributed by atoms with E-state index in [-0.39, 0.29) is 11.8 Å². The van der Waals surface area contributed by atoms with Crippen molar-refractivity contribution in [1.82, 2.24) is 15.1 Å². The van der Waals surface area contributed by atoms with Gasteiger partial charge in [-0.3, -0.25) is 0 Å². The highest BCUT2D eigenvalue weighted by molar-refractivity contribution is 5.14. The molecule has 108 valence electrons. The number of nitrogens with zero attached hydrogens (tertiary/aromatic N) is 3. The Morgan fingerprint density at radius 1 is 1.15 bits per heavy atom. The molecule has 2 heterocycles. The fraction of sp³-hybridized carbons (Fsp3) is 0.667. The van der Waals surface area contributed by atoms with Gasteiger partial charge in [-0.1, -0.05) is 31.8 Å². The van der Waals surface area contributed by atoms with Crippen molar-refractivity contribution < 1.29 is 8.94 Å². The Hall–Kier alpha value is -1.65. The van der Waals surface area contributed by atoms with Gasteiger partial charge in [-0.25, -0.2) is 4.98 Å². The summed E-state index contributed by atoms with van der Waals surface area (Å²) in [6.07, 6.45) is 6.66. The smallest absolute Gasteiger partial charge is 0.235 e. The summed E-state index contributed by atoms with van der Waals surface area (Å²) in [5.41, 5.74) is 0.880. The zero-order valence-electron chi connectivity index (χ0n) is 12.3. The first-order valence-electron chi connectivity index (χ1n) is 7.44. The Morgan fingerprint density at radius 3 is 2.55 bits per heavy atom. The molecule has 0 aliphatic heterocycles. The Morgan fingerprint density at radius 2 is 1.90 bits per heavy atom. The van der Waals surface area contributed by atoms with E-state index in [1.54, 1.807) is 6.26 Å². The molecule has 0 N–H and O–H groups in total. The zero-order valence-corrected chi connectivity index (χ0v) is 12.3. The van der Waals surface area contributed by atoms with Gasteiger partial charge in [-0.2, -0.15) is 4.98 Å². The predicted octanol–water partition coefficient (Wildman–Crippen LogP) is 3.99. The lowest BCUT2D eigenvalue weighted by atomic mass is 10.1. The first-order valence-corrected chi connectivity index (χ1v) is 7.44. The quantitative estimate of drug-likeness (QED) is 0.844. The molecule has 1 atom stereocenters. The molecule has 2 aromatic heterocycles. The van der Waals surface area contributed by atoms with Crippen LogP contribution in [0.4, 0.5) is 0 Å². The van der Waals surface area contributed by atoms with Gasteiger partial charge < -0.3 is 8.94 Å². The van der Waals surface area contributed by atoms with Crippen LogP contribution in [-0.4, -0.2) is 15.1 Å². The average molecular weight is 275 g/mol. The third kappa shape index (κ3) is 2.49. The highest BCUT2D eigenvalue weighted by Crippen LogP contribution is 2.34. The Kier molecular flexibility index (Phi) is 3.59. The van der Waals surface area contributed by atoms with Crippen molar-refractivity contribution in [2.24, 2.45) is 0 Å². The fourth-order valence-corrected chi connectivity index (χ4v) is 2.64. The van der Waals surface area contributed by atoms with Crippen molar-refractivity contribution in [2.75, 3.05) is 0 Å². The van der Waals surface area contributed by atoms with Crippen LogP contribution >= 0.6 is 0 Å². The molecule has 1 saturated carbocycles. The Bertz CT molecular complexity index is 567. The maximum atomic E-state index is 5.64. The molecule has 1 aliphatic rings. The van der Waals surface area contributed by atoms with E-state index in [0.717, 1.165) is 17.4 Å². The first kappa shape index (κ1) is 13.3. The van der Waals surface area contributed by atoms with Gasteiger partial charge in [-0.15, -0.1) is 0 Å². The minimum Gasteiger partial charge on any atom is -0.448 e. The summed E-state index contributed by atoms with van der Waals surface area (Å²) in [6, 6.07) is 0. The summed E-state index contributed by atoms with van der Waals surface area (Å²) in [5, 5.41) is 4.00. The zero-order chi connectivity index (χ0) is 14.1. The molecule has 20 heavy (non-hydrogen) atoms. The Labute approximate surface area is 118 Å². The van der Waals surface area contributed by atoms with Gasteiger partial charge in [0.15, 0.2) is 11.7 Å². The molecule has 1 unspecified atom stereocenters. The molecule has 0 spiro atoms. The van der Waals surface area contributed by atoms with Crippen molar-refractivity contribution in [3.63, 3.8) is 0 Å². The van der Waals surface area contributed by atoms with E-state index in [2.05, 4.69) is 15.1 Å². The van der Waals surface area contributed by atoms with Gasteiger partial charge in [0.05, 0.1) is 11.6 Å². The Balaban J connectivity index is 1.77. The van der Waals surface area contributed by atoms with Crippen molar-refractivity contribution in [1.29, 1.82) is 0 Å². The number of aromatic nitrogens is 3. The summed E-state index contributed by atoms with van der Waals surface area (Å²) in [5.74, 6) is 2.96. The van der Waals surface area contributed by atoms with Crippen LogP contribution in [0.5, 0.6) is 0 Å². The molecular formula is C15H21N3O2. The van der Waals surface area contributed by atoms with Crippen molar-refractivity contribution in [3.05, 3.63) is 29.6 Å². The molecule has 0 aromatic carbocycles. The number of hydrogen-bond donors (Lipinski definition) is 0. The van der Waals surface area contributed by atoms with E-state index in [4.69, 9.17) is 8.94 Å². The lowest BCUT2D eigenvalue weighted by Gasteiger charge is -2.02. The van der Waals surface area contributed by atoms with Gasteiger partial charge in [0.2, 0.25) is 5.89 Å². The average Bonchev–Trinajstić information content (AvgIpc) is 3.17. The molecule has 0 bridgehead atoms. The minimum atomic E-state index is -0.0195. The van der Waals surface area contributed by atoms with Crippen LogP contribution in [0.3, 0.4) is 0 Å². The minimum absolute atomic E-state index is 0.0195. The summed E-state index contributed by atoms with van der Waals surface area (Å²) in [7, 11) is 0. The second-order valence-corrected chi connectivity index (χ2v) is 5.96. The highest BCUT2D eigenvalue weighted by atomic mass is 16.5. The third-order valence-corrected chi connectivity index (χ3v) is 4.03. The summed E-state index contributed by atoms with van der Waals surface area (Å²) in [6.45, 7) is 6.12. The van der Waals surface area contributed by atoms with Crippen LogP contribution < -0.4 is 0 Å². The first-order chi connectivity index (χ1) is 9.65. The highest BCUT2D eigenvalue weighted by Gasteiger charge is 2.25. The van der Waals surface area contributed by atoms with E-state index in [0.29, 0.717) is 11.8 Å². The van der Waals surface area contributed by atoms with Crippen LogP contribution in [0.15, 0.2) is 15.2 Å². The monoisotopic (exact) mass is 275 g/mol. The van der Waals surface area contributed by atoms with Crippen molar-refractivity contribution in [2.45, 2.75) is 64.2 Å². The van der Waals surface area contributed by atoms with Gasteiger partial charge in [0, 0.05) is 11.8 Å². The van der Waals surface area contributed by atoms with Gasteiger partial charge in [0.25, 0.3) is 0 Å². The topological polar surface area (TPSA) is 65.0 Å². The third-order valence-electron chi connectivity index (χ3n) is 4.03. The maximum Gasteiger partial charge on any atom is 0.235 e. The summed E-state index contributed by atoms with van der Waals surface area (Å²) < 4.78 is 11.0. The molecular weight excluding hydrogens is 254 g/mol. The number of hydrogen-bond acceptors (Lipinski definition) is 5. The lowest BCUT2D eigenvalue weighted by Crippen LogP contribution is -1.99. The van der Waals surface area contributed by atoms with Gasteiger partial charge >= 0.3 is 0 Å². The van der Waals surface area contributed by atoms with Crippen LogP contribution in [0.2, 0.25) is 0 Å². The van der Waals surface area contributed by atoms with Gasteiger partial charge in [-0.05, 0) is 19.8 Å². The molecule has 0 radical (unpaired) electrons. The van der Waals surface area contributed by atoms with Crippen molar-refractivity contribution >= 4 is 0 Å². The molecule has 2 aromatic rings. The van der Waals surface area contributed by atoms with E-state index in [9.17, 15) is 0 Å². The van der Waals surface area contributed by atoms with E-state index < -0.39 is 0 Å². The standard InChI is InChI=1S/C15H21N3O2/c1-9(2)13-17-14(20-18-13)10(3)12-8-19-15(16-12)11-6-4-5-7-11/h8-11H,4-7H2,1-3H3. The molecule has 5 heteroatoms. The van der Waals surface area contributed by atoms with Crippen molar-refractivity contribution in [3.8, 4) is 0 Å². The summed E-state index contributed by atoms with van der Waals surface area (Å²) in [4.78, 5) is 9.06. The molecule has 0 amide bonds. The maximum absolute atomic E-state index is 5.64. The SMILES string of the molecule is CC(C)c1noc(C(C)c2coc(C3CCCC3)n2)n1. The fourth-order valence-electron chi connectivity index (χ4n) is 2.64. The normalized spacial score (nSPS) is 18.0. The lowest BCUT2D eigenvalue weighted by molar-refractivity contribution is 0.362. The van der Waals surface area contributed by atoms with Crippen LogP contribution in [-0.2, 0) is 0 Å². The molecule has 1 fully saturated rings. The second-order valence-electron chi connectivity index (χ2n) is 5.96. The summed E-state index contributed by atoms with van der Waals surface area (Å²) >= 11 is 0. The molecule has 3 rings (SSSR count). The number of rotatable bonds is 4. The van der Waals surface area contributed by atoms with Gasteiger partial charge in [0.1, 0.15) is 6.26 Å². The number of oxazole rings is 1. The van der Waals surface area contributed by atoms with Crippen LogP contribution in [0.1, 0.15) is 87.5 Å². The molecule has 1 aliphatic carbocycles.